The monoisotopic (exact) mass is 662 g/mol. The van der Waals surface area contributed by atoms with Crippen molar-refractivity contribution >= 4 is 11.4 Å². The van der Waals surface area contributed by atoms with Crippen LogP contribution in [0.5, 0.6) is 0 Å². The molecule has 0 bridgehead atoms. The predicted octanol–water partition coefficient (Wildman–Crippen LogP) is 11.3. The minimum Gasteiger partial charge on any atom is -0.371 e. The van der Waals surface area contributed by atoms with Crippen LogP contribution >= 0.6 is 0 Å². The molecule has 0 N–H and O–H groups in total. The predicted molar refractivity (Wildman–Crippen MR) is 215 cm³/mol. The van der Waals surface area contributed by atoms with Crippen LogP contribution in [0, 0.1) is 0 Å². The molecular formula is C49H46N2. The molecule has 0 aromatic heterocycles. The Kier molecular flexibility index (Phi) is 7.78. The van der Waals surface area contributed by atoms with Gasteiger partial charge in [0, 0.05) is 37.6 Å². The second-order valence-corrected chi connectivity index (χ2v) is 15.1. The summed E-state index contributed by atoms with van der Waals surface area (Å²) in [6.45, 7) is 4.68. The SMILES string of the molecule is c1ccc(-c2c(Cc3c(-c4ccccc4)c4c5c(c3-c3ccccc3)CCCN5CCC4)c(-c3ccccc3)c3c4c2CCCN4CCC3)cc1. The zero-order valence-electron chi connectivity index (χ0n) is 29.6. The Hall–Kier alpha value is -5.08. The van der Waals surface area contributed by atoms with Crippen LogP contribution in [0.3, 0.4) is 0 Å². The molecule has 4 heterocycles. The molecule has 0 spiro atoms. The number of nitrogens with zero attached hydrogens (tertiary/aromatic N) is 2. The Balaban J connectivity index is 1.36. The minimum absolute atomic E-state index is 0.906. The third kappa shape index (κ3) is 5.14. The van der Waals surface area contributed by atoms with Gasteiger partial charge >= 0.3 is 0 Å². The van der Waals surface area contributed by atoms with E-state index in [1.165, 1.54) is 107 Å². The standard InChI is InChI=1S/C49H46N2/c1-5-17-34(18-6-1)44-38-25-13-29-50-30-14-26-39(48(38)50)45(35-19-7-2-8-20-35)42(44)33-43-46(36-21-9-3-10-22-36)40-27-15-31-51-32-16-28-41(49(40)51)47(43)37-23-11-4-12-24-37/h1-12,17-24H,13-16,25-33H2. The number of hydrogen-bond acceptors (Lipinski definition) is 2. The summed E-state index contributed by atoms with van der Waals surface area (Å²) in [5, 5.41) is 0. The lowest BCUT2D eigenvalue weighted by molar-refractivity contribution is 0.633. The van der Waals surface area contributed by atoms with E-state index < -0.39 is 0 Å². The lowest BCUT2D eigenvalue weighted by Crippen LogP contribution is -2.36. The summed E-state index contributed by atoms with van der Waals surface area (Å²) in [7, 11) is 0. The Morgan fingerprint density at radius 1 is 0.333 bits per heavy atom. The Morgan fingerprint density at radius 3 is 0.843 bits per heavy atom. The smallest absolute Gasteiger partial charge is 0.0444 e. The summed E-state index contributed by atoms with van der Waals surface area (Å²) in [5.41, 5.74) is 23.9. The van der Waals surface area contributed by atoms with E-state index in [1.807, 2.05) is 0 Å². The molecule has 0 aliphatic carbocycles. The first kappa shape index (κ1) is 30.7. The first-order valence-corrected chi connectivity index (χ1v) is 19.5. The normalized spacial score (nSPS) is 16.1. The Labute approximate surface area is 303 Å². The van der Waals surface area contributed by atoms with Crippen molar-refractivity contribution in [3.8, 4) is 44.5 Å². The largest absolute Gasteiger partial charge is 0.371 e. The topological polar surface area (TPSA) is 6.48 Å². The highest BCUT2D eigenvalue weighted by atomic mass is 15.1. The van der Waals surface area contributed by atoms with Crippen LogP contribution in [0.25, 0.3) is 44.5 Å². The van der Waals surface area contributed by atoms with Crippen molar-refractivity contribution in [2.75, 3.05) is 36.0 Å². The van der Waals surface area contributed by atoms with Gasteiger partial charge in [-0.2, -0.15) is 0 Å². The number of benzene rings is 6. The Bertz CT molecular complexity index is 1910. The summed E-state index contributed by atoms with van der Waals surface area (Å²) in [6, 6.07) is 45.7. The van der Waals surface area contributed by atoms with E-state index in [0.29, 0.717) is 0 Å². The quantitative estimate of drug-likeness (QED) is 0.175. The van der Waals surface area contributed by atoms with Crippen molar-refractivity contribution in [1.29, 1.82) is 0 Å². The second-order valence-electron chi connectivity index (χ2n) is 15.1. The van der Waals surface area contributed by atoms with E-state index in [9.17, 15) is 0 Å². The fourth-order valence-electron chi connectivity index (χ4n) is 10.4. The van der Waals surface area contributed by atoms with Gasteiger partial charge in [0.2, 0.25) is 0 Å². The molecule has 51 heavy (non-hydrogen) atoms. The second kappa shape index (κ2) is 12.9. The number of hydrogen-bond donors (Lipinski definition) is 0. The van der Waals surface area contributed by atoms with Gasteiger partial charge in [0.25, 0.3) is 0 Å². The van der Waals surface area contributed by atoms with E-state index in [2.05, 4.69) is 131 Å². The summed E-state index contributed by atoms with van der Waals surface area (Å²) in [6.07, 6.45) is 10.4. The molecule has 6 aromatic rings. The van der Waals surface area contributed by atoms with E-state index in [-0.39, 0.29) is 0 Å². The van der Waals surface area contributed by atoms with Gasteiger partial charge in [-0.05, 0) is 136 Å². The minimum atomic E-state index is 0.906. The van der Waals surface area contributed by atoms with Gasteiger partial charge in [-0.25, -0.2) is 0 Å². The average Bonchev–Trinajstić information content (AvgIpc) is 3.20. The van der Waals surface area contributed by atoms with Crippen LogP contribution in [0.1, 0.15) is 59.1 Å². The van der Waals surface area contributed by atoms with Gasteiger partial charge in [-0.1, -0.05) is 121 Å². The third-order valence-corrected chi connectivity index (χ3v) is 12.2. The first-order chi connectivity index (χ1) is 25.3. The molecular weight excluding hydrogens is 617 g/mol. The van der Waals surface area contributed by atoms with Crippen LogP contribution in [0.4, 0.5) is 11.4 Å². The molecule has 0 saturated heterocycles. The highest BCUT2D eigenvalue weighted by molar-refractivity contribution is 5.95. The molecule has 252 valence electrons. The maximum Gasteiger partial charge on any atom is 0.0444 e. The lowest BCUT2D eigenvalue weighted by atomic mass is 9.73. The first-order valence-electron chi connectivity index (χ1n) is 19.5. The fourth-order valence-corrected chi connectivity index (χ4v) is 10.4. The highest BCUT2D eigenvalue weighted by Crippen LogP contribution is 2.53. The van der Waals surface area contributed by atoms with E-state index in [1.54, 1.807) is 33.6 Å². The maximum atomic E-state index is 2.74. The van der Waals surface area contributed by atoms with Crippen LogP contribution in [0.2, 0.25) is 0 Å². The zero-order chi connectivity index (χ0) is 33.7. The summed E-state index contributed by atoms with van der Waals surface area (Å²) in [4.78, 5) is 5.48. The van der Waals surface area contributed by atoms with E-state index in [4.69, 9.17) is 0 Å². The molecule has 0 atom stereocenters. The van der Waals surface area contributed by atoms with Crippen LogP contribution < -0.4 is 9.80 Å². The molecule has 2 heteroatoms. The summed E-state index contributed by atoms with van der Waals surface area (Å²) in [5.74, 6) is 0. The zero-order valence-corrected chi connectivity index (χ0v) is 29.6. The molecule has 0 saturated carbocycles. The van der Waals surface area contributed by atoms with Crippen molar-refractivity contribution in [2.45, 2.75) is 57.8 Å². The van der Waals surface area contributed by atoms with Crippen molar-refractivity contribution in [3.05, 3.63) is 155 Å². The van der Waals surface area contributed by atoms with Crippen LogP contribution in [0.15, 0.2) is 121 Å². The average molecular weight is 663 g/mol. The van der Waals surface area contributed by atoms with Crippen LogP contribution in [-0.2, 0) is 32.1 Å². The van der Waals surface area contributed by atoms with Gasteiger partial charge in [0.1, 0.15) is 0 Å². The highest BCUT2D eigenvalue weighted by Gasteiger charge is 2.35. The molecule has 4 aliphatic rings. The molecule has 4 aliphatic heterocycles. The third-order valence-electron chi connectivity index (χ3n) is 12.2. The van der Waals surface area contributed by atoms with Crippen molar-refractivity contribution in [3.63, 3.8) is 0 Å². The maximum absolute atomic E-state index is 2.74. The fraction of sp³-hybridized carbons (Fsp3) is 0.265. The molecule has 10 rings (SSSR count). The molecule has 6 aromatic carbocycles. The molecule has 0 radical (unpaired) electrons. The van der Waals surface area contributed by atoms with Crippen molar-refractivity contribution < 1.29 is 0 Å². The van der Waals surface area contributed by atoms with Crippen molar-refractivity contribution in [2.24, 2.45) is 0 Å². The number of anilines is 2. The summed E-state index contributed by atoms with van der Waals surface area (Å²) >= 11 is 0. The van der Waals surface area contributed by atoms with Crippen LogP contribution in [-0.4, -0.2) is 26.2 Å². The number of rotatable bonds is 6. The Morgan fingerprint density at radius 2 is 0.588 bits per heavy atom. The van der Waals surface area contributed by atoms with Gasteiger partial charge in [0.05, 0.1) is 0 Å². The lowest BCUT2D eigenvalue weighted by Gasteiger charge is -2.42. The molecule has 0 fully saturated rings. The van der Waals surface area contributed by atoms with E-state index in [0.717, 1.165) is 32.1 Å². The summed E-state index contributed by atoms with van der Waals surface area (Å²) < 4.78 is 0. The van der Waals surface area contributed by atoms with Gasteiger partial charge in [-0.15, -0.1) is 0 Å². The molecule has 0 amide bonds. The van der Waals surface area contributed by atoms with Gasteiger partial charge in [0.15, 0.2) is 0 Å². The van der Waals surface area contributed by atoms with Crippen molar-refractivity contribution in [1.82, 2.24) is 0 Å². The van der Waals surface area contributed by atoms with E-state index >= 15 is 0 Å². The van der Waals surface area contributed by atoms with Gasteiger partial charge in [-0.3, -0.25) is 0 Å². The van der Waals surface area contributed by atoms with Gasteiger partial charge < -0.3 is 9.80 Å². The molecule has 2 nitrogen and oxygen atoms in total. The molecule has 0 unspecified atom stereocenters.